The Balaban J connectivity index is 1.87. The second-order valence-corrected chi connectivity index (χ2v) is 11.8. The minimum atomic E-state index is -4.75. The van der Waals surface area contributed by atoms with Gasteiger partial charge in [-0.25, -0.2) is 13.3 Å². The second-order valence-electron chi connectivity index (χ2n) is 10.2. The van der Waals surface area contributed by atoms with Crippen molar-refractivity contribution in [1.29, 1.82) is 5.26 Å². The third kappa shape index (κ3) is 5.29. The molecule has 1 saturated carbocycles. The highest BCUT2D eigenvalue weighted by atomic mass is 32.2. The molecule has 35 heavy (non-hydrogen) atoms. The highest BCUT2D eigenvalue weighted by molar-refractivity contribution is 7.83. The van der Waals surface area contributed by atoms with E-state index in [9.17, 15) is 22.6 Å². The van der Waals surface area contributed by atoms with Gasteiger partial charge in [-0.05, 0) is 48.1 Å². The first-order chi connectivity index (χ1) is 16.4. The Morgan fingerprint density at radius 3 is 2.49 bits per heavy atom. The number of hydrogen-bond donors (Lipinski definition) is 1. The Morgan fingerprint density at radius 1 is 1.20 bits per heavy atom. The molecule has 0 amide bonds. The van der Waals surface area contributed by atoms with E-state index in [1.165, 1.54) is 18.2 Å². The fraction of sp³-hybridized carbons (Fsp3) is 0.423. The summed E-state index contributed by atoms with van der Waals surface area (Å²) in [6.07, 6.45) is -0.0455. The van der Waals surface area contributed by atoms with E-state index in [1.54, 1.807) is 6.07 Å². The molecule has 1 fully saturated rings. The molecule has 1 atom stereocenters. The predicted octanol–water partition coefficient (Wildman–Crippen LogP) is 6.69. The number of nitrogens with one attached hydrogen (secondary N) is 1. The van der Waals surface area contributed by atoms with Crippen molar-refractivity contribution in [2.24, 2.45) is 5.41 Å². The number of halogens is 4. The SMILES string of the molecule is CC(C)(C)Cn1cc(CNS(=O)C2CCC2)c2cc(F)c(-c3c(C#N)cccc3C(F)(F)F)cc21. The monoisotopic (exact) mass is 505 g/mol. The van der Waals surface area contributed by atoms with Gasteiger partial charge in [0, 0.05) is 46.6 Å². The van der Waals surface area contributed by atoms with Gasteiger partial charge in [0.2, 0.25) is 0 Å². The van der Waals surface area contributed by atoms with E-state index in [2.05, 4.69) is 4.72 Å². The van der Waals surface area contributed by atoms with Crippen molar-refractivity contribution in [1.82, 2.24) is 9.29 Å². The molecule has 4 nitrogen and oxygen atoms in total. The first-order valence-corrected chi connectivity index (χ1v) is 12.7. The van der Waals surface area contributed by atoms with Gasteiger partial charge < -0.3 is 4.57 Å². The summed E-state index contributed by atoms with van der Waals surface area (Å²) in [6, 6.07) is 7.66. The van der Waals surface area contributed by atoms with Crippen LogP contribution in [0.15, 0.2) is 36.5 Å². The maximum Gasteiger partial charge on any atom is 0.417 e. The Morgan fingerprint density at radius 2 is 1.91 bits per heavy atom. The van der Waals surface area contributed by atoms with Gasteiger partial charge in [-0.1, -0.05) is 33.3 Å². The Labute approximate surface area is 204 Å². The van der Waals surface area contributed by atoms with Gasteiger partial charge in [0.15, 0.2) is 0 Å². The fourth-order valence-electron chi connectivity index (χ4n) is 4.38. The molecule has 3 aromatic rings. The van der Waals surface area contributed by atoms with Gasteiger partial charge >= 0.3 is 6.18 Å². The van der Waals surface area contributed by atoms with Crippen LogP contribution in [0.2, 0.25) is 0 Å². The molecular formula is C26H27F4N3OS. The predicted molar refractivity (Wildman–Crippen MR) is 129 cm³/mol. The van der Waals surface area contributed by atoms with Crippen LogP contribution >= 0.6 is 0 Å². The summed E-state index contributed by atoms with van der Waals surface area (Å²) in [5, 5.41) is 10.1. The van der Waals surface area contributed by atoms with Crippen LogP contribution in [0.25, 0.3) is 22.0 Å². The molecule has 0 bridgehead atoms. The van der Waals surface area contributed by atoms with Crippen molar-refractivity contribution in [2.75, 3.05) is 0 Å². The minimum absolute atomic E-state index is 0.115. The van der Waals surface area contributed by atoms with Crippen LogP contribution in [0, 0.1) is 22.6 Å². The van der Waals surface area contributed by atoms with Crippen molar-refractivity contribution >= 4 is 21.9 Å². The van der Waals surface area contributed by atoms with Crippen LogP contribution in [0.4, 0.5) is 17.6 Å². The summed E-state index contributed by atoms with van der Waals surface area (Å²) < 4.78 is 74.2. The third-order valence-electron chi connectivity index (χ3n) is 6.22. The molecule has 0 radical (unpaired) electrons. The molecule has 1 N–H and O–H groups in total. The summed E-state index contributed by atoms with van der Waals surface area (Å²) in [7, 11) is -1.20. The Hall–Kier alpha value is -2.70. The zero-order valence-electron chi connectivity index (χ0n) is 19.8. The van der Waals surface area contributed by atoms with Crippen LogP contribution in [-0.2, 0) is 30.3 Å². The number of nitrogens with zero attached hydrogens (tertiary/aromatic N) is 2. The summed E-state index contributed by atoms with van der Waals surface area (Å²) in [6.45, 7) is 6.86. The maximum atomic E-state index is 15.4. The molecule has 1 aromatic heterocycles. The number of hydrogen-bond acceptors (Lipinski definition) is 2. The van der Waals surface area contributed by atoms with Crippen molar-refractivity contribution < 1.29 is 21.8 Å². The molecule has 0 aliphatic heterocycles. The summed E-state index contributed by atoms with van der Waals surface area (Å²) in [5.41, 5.74) is -0.924. The maximum absolute atomic E-state index is 15.4. The normalized spacial score (nSPS) is 15.7. The molecule has 4 rings (SSSR count). The molecule has 1 unspecified atom stereocenters. The smallest absolute Gasteiger partial charge is 0.347 e. The molecule has 0 saturated heterocycles. The average Bonchev–Trinajstić information content (AvgIpc) is 3.03. The Kier molecular flexibility index (Phi) is 6.82. The topological polar surface area (TPSA) is 57.8 Å². The van der Waals surface area contributed by atoms with Crippen LogP contribution in [0.5, 0.6) is 0 Å². The molecule has 1 heterocycles. The van der Waals surface area contributed by atoms with Gasteiger partial charge in [-0.3, -0.25) is 0 Å². The van der Waals surface area contributed by atoms with Gasteiger partial charge in [-0.2, -0.15) is 18.4 Å². The van der Waals surface area contributed by atoms with E-state index in [4.69, 9.17) is 0 Å². The molecule has 186 valence electrons. The standard InChI is InChI=1S/C26H27F4N3OS/c1-25(2,3)15-33-14-17(13-32-35(34)18-7-5-8-18)19-10-22(27)20(11-23(19)33)24-16(12-31)6-4-9-21(24)26(28,29)30/h4,6,9-11,14,18,32H,5,7-8,13,15H2,1-3H3. The highest BCUT2D eigenvalue weighted by Gasteiger charge is 2.36. The molecular weight excluding hydrogens is 478 g/mol. The van der Waals surface area contributed by atoms with Crippen LogP contribution in [0.3, 0.4) is 0 Å². The van der Waals surface area contributed by atoms with E-state index < -0.39 is 34.1 Å². The zero-order valence-corrected chi connectivity index (χ0v) is 20.6. The molecule has 0 spiro atoms. The zero-order chi connectivity index (χ0) is 25.5. The van der Waals surface area contributed by atoms with Crippen molar-refractivity contribution in [2.45, 2.75) is 64.5 Å². The quantitative estimate of drug-likeness (QED) is 0.380. The lowest BCUT2D eigenvalue weighted by molar-refractivity contribution is -0.137. The third-order valence-corrected chi connectivity index (χ3v) is 7.72. The van der Waals surface area contributed by atoms with Gasteiger partial charge in [-0.15, -0.1) is 0 Å². The van der Waals surface area contributed by atoms with Crippen LogP contribution < -0.4 is 4.72 Å². The van der Waals surface area contributed by atoms with E-state index >= 15 is 4.39 Å². The number of nitriles is 1. The lowest BCUT2D eigenvalue weighted by Gasteiger charge is -2.24. The Bertz CT molecular complexity index is 1330. The number of fused-ring (bicyclic) bond motifs is 1. The molecule has 9 heteroatoms. The van der Waals surface area contributed by atoms with Crippen LogP contribution in [-0.4, -0.2) is 14.0 Å². The summed E-state index contributed by atoms with van der Waals surface area (Å²) in [4.78, 5) is 0. The molecule has 1 aliphatic rings. The van der Waals surface area contributed by atoms with E-state index in [1.807, 2.05) is 31.5 Å². The first kappa shape index (κ1) is 25.4. The minimum Gasteiger partial charge on any atom is -0.347 e. The highest BCUT2D eigenvalue weighted by Crippen LogP contribution is 2.41. The average molecular weight is 506 g/mol. The fourth-order valence-corrected chi connectivity index (χ4v) is 5.68. The molecule has 2 aromatic carbocycles. The van der Waals surface area contributed by atoms with E-state index in [0.29, 0.717) is 23.0 Å². The number of rotatable bonds is 6. The van der Waals surface area contributed by atoms with Crippen molar-refractivity contribution in [3.05, 3.63) is 59.0 Å². The summed E-state index contributed by atoms with van der Waals surface area (Å²) >= 11 is 0. The van der Waals surface area contributed by atoms with Crippen molar-refractivity contribution in [3.63, 3.8) is 0 Å². The summed E-state index contributed by atoms with van der Waals surface area (Å²) in [5.74, 6) is -0.847. The number of benzene rings is 2. The van der Waals surface area contributed by atoms with E-state index in [0.717, 1.165) is 31.4 Å². The largest absolute Gasteiger partial charge is 0.417 e. The van der Waals surface area contributed by atoms with Crippen molar-refractivity contribution in [3.8, 4) is 17.2 Å². The van der Waals surface area contributed by atoms with E-state index in [-0.39, 0.29) is 28.3 Å². The van der Waals surface area contributed by atoms with Gasteiger partial charge in [0.05, 0.1) is 28.2 Å². The number of aromatic nitrogens is 1. The van der Waals surface area contributed by atoms with Gasteiger partial charge in [0.1, 0.15) is 5.82 Å². The molecule has 1 aliphatic carbocycles. The second kappa shape index (κ2) is 9.40. The lowest BCUT2D eigenvalue weighted by atomic mass is 9.93. The number of alkyl halides is 3. The van der Waals surface area contributed by atoms with Gasteiger partial charge in [0.25, 0.3) is 0 Å². The first-order valence-electron chi connectivity index (χ1n) is 11.4. The lowest BCUT2D eigenvalue weighted by Crippen LogP contribution is -2.32. The van der Waals surface area contributed by atoms with Crippen LogP contribution in [0.1, 0.15) is 56.7 Å².